The molecule has 0 bridgehead atoms. The quantitative estimate of drug-likeness (QED) is 0.566. The van der Waals surface area contributed by atoms with Crippen LogP contribution in [0.15, 0.2) is 23.3 Å². The van der Waals surface area contributed by atoms with Crippen LogP contribution >= 0.6 is 0 Å². The number of rotatable bonds is 6. The standard InChI is InChI=1S/C15H26/c1-12(2)8-10-14-6-5-7-15(14)11-9-13(3)4/h6-7,12-13H,5,8-11H2,1-4H3. The zero-order valence-electron chi connectivity index (χ0n) is 10.8. The molecule has 1 aliphatic rings. The van der Waals surface area contributed by atoms with Crippen molar-refractivity contribution >= 4 is 0 Å². The lowest BCUT2D eigenvalue weighted by Crippen LogP contribution is -1.94. The number of allylic oxidation sites excluding steroid dienone is 4. The topological polar surface area (TPSA) is 0 Å². The van der Waals surface area contributed by atoms with Gasteiger partial charge in [-0.25, -0.2) is 0 Å². The van der Waals surface area contributed by atoms with Crippen molar-refractivity contribution < 1.29 is 0 Å². The van der Waals surface area contributed by atoms with Crippen molar-refractivity contribution in [1.82, 2.24) is 0 Å². The lowest BCUT2D eigenvalue weighted by Gasteiger charge is -2.11. The first-order chi connectivity index (χ1) is 7.09. The predicted molar refractivity (Wildman–Crippen MR) is 68.9 cm³/mol. The minimum Gasteiger partial charge on any atom is -0.0772 e. The van der Waals surface area contributed by atoms with Gasteiger partial charge in [0.25, 0.3) is 0 Å². The Hall–Kier alpha value is -0.520. The van der Waals surface area contributed by atoms with Crippen molar-refractivity contribution in [3.05, 3.63) is 23.3 Å². The number of hydrogen-bond donors (Lipinski definition) is 0. The zero-order chi connectivity index (χ0) is 11.3. The predicted octanol–water partition coefficient (Wildman–Crippen LogP) is 5.12. The average molecular weight is 206 g/mol. The molecule has 0 aliphatic heterocycles. The average Bonchev–Trinajstić information content (AvgIpc) is 2.58. The van der Waals surface area contributed by atoms with Crippen molar-refractivity contribution in [3.63, 3.8) is 0 Å². The Morgan fingerprint density at radius 1 is 0.867 bits per heavy atom. The molecule has 0 saturated carbocycles. The number of hydrogen-bond acceptors (Lipinski definition) is 0. The molecule has 0 fully saturated rings. The van der Waals surface area contributed by atoms with Crippen molar-refractivity contribution in [1.29, 1.82) is 0 Å². The van der Waals surface area contributed by atoms with E-state index in [2.05, 4.69) is 39.8 Å². The zero-order valence-corrected chi connectivity index (χ0v) is 10.8. The van der Waals surface area contributed by atoms with Crippen LogP contribution in [-0.4, -0.2) is 0 Å². The van der Waals surface area contributed by atoms with E-state index in [0.717, 1.165) is 11.8 Å². The fourth-order valence-electron chi connectivity index (χ4n) is 2.02. The maximum Gasteiger partial charge on any atom is -0.0157 e. The van der Waals surface area contributed by atoms with E-state index in [-0.39, 0.29) is 0 Å². The van der Waals surface area contributed by atoms with Crippen LogP contribution in [0.2, 0.25) is 0 Å². The summed E-state index contributed by atoms with van der Waals surface area (Å²) in [6.45, 7) is 9.25. The monoisotopic (exact) mass is 206 g/mol. The Balaban J connectivity index is 2.35. The fourth-order valence-corrected chi connectivity index (χ4v) is 2.02. The second kappa shape index (κ2) is 6.15. The van der Waals surface area contributed by atoms with E-state index in [1.54, 1.807) is 11.1 Å². The van der Waals surface area contributed by atoms with E-state index >= 15 is 0 Å². The first-order valence-electron chi connectivity index (χ1n) is 6.48. The van der Waals surface area contributed by atoms with Crippen LogP contribution in [0.3, 0.4) is 0 Å². The Labute approximate surface area is 95.5 Å². The van der Waals surface area contributed by atoms with Crippen molar-refractivity contribution in [2.45, 2.75) is 59.8 Å². The summed E-state index contributed by atoms with van der Waals surface area (Å²) in [7, 11) is 0. The summed E-state index contributed by atoms with van der Waals surface area (Å²) in [6, 6.07) is 0. The van der Waals surface area contributed by atoms with Gasteiger partial charge in [0.15, 0.2) is 0 Å². The van der Waals surface area contributed by atoms with Gasteiger partial charge in [0, 0.05) is 0 Å². The molecular formula is C15H26. The lowest BCUT2D eigenvalue weighted by molar-refractivity contribution is 0.570. The van der Waals surface area contributed by atoms with Gasteiger partial charge in [0.2, 0.25) is 0 Å². The molecule has 1 aliphatic carbocycles. The van der Waals surface area contributed by atoms with Gasteiger partial charge in [-0.15, -0.1) is 0 Å². The Morgan fingerprint density at radius 3 is 1.60 bits per heavy atom. The van der Waals surface area contributed by atoms with Gasteiger partial charge in [-0.3, -0.25) is 0 Å². The summed E-state index contributed by atoms with van der Waals surface area (Å²) < 4.78 is 0. The van der Waals surface area contributed by atoms with Crippen LogP contribution < -0.4 is 0 Å². The summed E-state index contributed by atoms with van der Waals surface area (Å²) >= 11 is 0. The first kappa shape index (κ1) is 12.5. The molecule has 0 spiro atoms. The lowest BCUT2D eigenvalue weighted by atomic mass is 9.94. The third kappa shape index (κ3) is 4.68. The van der Waals surface area contributed by atoms with Crippen LogP contribution in [0.1, 0.15) is 59.8 Å². The Bertz CT molecular complexity index is 215. The van der Waals surface area contributed by atoms with E-state index in [0.29, 0.717) is 0 Å². The largest absolute Gasteiger partial charge is 0.0772 e. The highest BCUT2D eigenvalue weighted by atomic mass is 14.2. The van der Waals surface area contributed by atoms with Gasteiger partial charge in [0.1, 0.15) is 0 Å². The Kier molecular flexibility index (Phi) is 5.14. The first-order valence-corrected chi connectivity index (χ1v) is 6.48. The van der Waals surface area contributed by atoms with E-state index in [1.807, 2.05) is 0 Å². The highest BCUT2D eigenvalue weighted by molar-refractivity contribution is 5.36. The molecule has 0 heterocycles. The summed E-state index contributed by atoms with van der Waals surface area (Å²) in [5.41, 5.74) is 3.29. The molecule has 0 nitrogen and oxygen atoms in total. The smallest absolute Gasteiger partial charge is 0.0157 e. The molecule has 0 aromatic rings. The van der Waals surface area contributed by atoms with Crippen LogP contribution in [0.4, 0.5) is 0 Å². The van der Waals surface area contributed by atoms with Crippen molar-refractivity contribution in [3.8, 4) is 0 Å². The van der Waals surface area contributed by atoms with Gasteiger partial charge in [-0.2, -0.15) is 0 Å². The van der Waals surface area contributed by atoms with Gasteiger partial charge in [-0.1, -0.05) is 39.8 Å². The summed E-state index contributed by atoms with van der Waals surface area (Å²) in [5, 5.41) is 0. The van der Waals surface area contributed by atoms with Crippen LogP contribution in [0.5, 0.6) is 0 Å². The Morgan fingerprint density at radius 2 is 1.27 bits per heavy atom. The molecule has 0 heteroatoms. The third-order valence-electron chi connectivity index (χ3n) is 3.12. The molecule has 0 aromatic heterocycles. The van der Waals surface area contributed by atoms with Crippen LogP contribution in [0, 0.1) is 11.8 Å². The summed E-state index contributed by atoms with van der Waals surface area (Å²) in [6.07, 6.45) is 11.3. The highest BCUT2D eigenvalue weighted by Crippen LogP contribution is 2.29. The molecular weight excluding hydrogens is 180 g/mol. The molecule has 1 rings (SSSR count). The maximum atomic E-state index is 2.43. The van der Waals surface area contributed by atoms with Gasteiger partial charge >= 0.3 is 0 Å². The molecule has 0 saturated heterocycles. The van der Waals surface area contributed by atoms with Gasteiger partial charge in [0.05, 0.1) is 0 Å². The SMILES string of the molecule is CC(C)CCC1=CCC=C1CCC(C)C. The second-order valence-electron chi connectivity index (χ2n) is 5.56. The highest BCUT2D eigenvalue weighted by Gasteiger charge is 2.10. The van der Waals surface area contributed by atoms with E-state index in [4.69, 9.17) is 0 Å². The molecule has 0 aromatic carbocycles. The van der Waals surface area contributed by atoms with Crippen LogP contribution in [-0.2, 0) is 0 Å². The molecule has 0 unspecified atom stereocenters. The normalized spacial score (nSPS) is 16.1. The van der Waals surface area contributed by atoms with Gasteiger partial charge in [-0.05, 0) is 55.1 Å². The molecule has 0 atom stereocenters. The molecule has 0 amide bonds. The molecule has 0 N–H and O–H groups in total. The van der Waals surface area contributed by atoms with Crippen molar-refractivity contribution in [2.24, 2.45) is 11.8 Å². The fraction of sp³-hybridized carbons (Fsp3) is 0.733. The summed E-state index contributed by atoms with van der Waals surface area (Å²) in [5.74, 6) is 1.66. The van der Waals surface area contributed by atoms with E-state index < -0.39 is 0 Å². The summed E-state index contributed by atoms with van der Waals surface area (Å²) in [4.78, 5) is 0. The van der Waals surface area contributed by atoms with Crippen LogP contribution in [0.25, 0.3) is 0 Å². The molecule has 86 valence electrons. The maximum absolute atomic E-state index is 2.43. The molecule has 0 radical (unpaired) electrons. The van der Waals surface area contributed by atoms with Crippen molar-refractivity contribution in [2.75, 3.05) is 0 Å². The van der Waals surface area contributed by atoms with E-state index in [1.165, 1.54) is 32.1 Å². The van der Waals surface area contributed by atoms with E-state index in [9.17, 15) is 0 Å². The minimum atomic E-state index is 0.831. The van der Waals surface area contributed by atoms with Gasteiger partial charge < -0.3 is 0 Å². The third-order valence-corrected chi connectivity index (χ3v) is 3.12. The minimum absolute atomic E-state index is 0.831. The molecule has 15 heavy (non-hydrogen) atoms. The second-order valence-corrected chi connectivity index (χ2v) is 5.56.